The summed E-state index contributed by atoms with van der Waals surface area (Å²) in [6, 6.07) is 0. The number of halogens is 1. The molecule has 1 fully saturated rings. The van der Waals surface area contributed by atoms with Crippen LogP contribution in [0.1, 0.15) is 27.7 Å². The quantitative estimate of drug-likeness (QED) is 0.571. The van der Waals surface area contributed by atoms with E-state index >= 15 is 0 Å². The minimum absolute atomic E-state index is 0.253. The van der Waals surface area contributed by atoms with Crippen LogP contribution in [0.15, 0.2) is 0 Å². The lowest BCUT2D eigenvalue weighted by atomic mass is 9.80. The standard InChI is InChI=1S/C9H17BrO/c1-5-6(2)8(4)11-9(10)7(5)3/h5-9H,1-4H3/t5?,6-,7?,8?,9+/m0/s1. The molecule has 1 aliphatic rings. The molecule has 1 aliphatic heterocycles. The third kappa shape index (κ3) is 1.78. The highest BCUT2D eigenvalue weighted by atomic mass is 79.9. The summed E-state index contributed by atoms with van der Waals surface area (Å²) in [5, 5.41) is 0.253. The van der Waals surface area contributed by atoms with Crippen molar-refractivity contribution in [1.82, 2.24) is 0 Å². The van der Waals surface area contributed by atoms with Gasteiger partial charge in [0.15, 0.2) is 0 Å². The van der Waals surface area contributed by atoms with E-state index in [1.807, 2.05) is 0 Å². The van der Waals surface area contributed by atoms with E-state index in [-0.39, 0.29) is 5.01 Å². The van der Waals surface area contributed by atoms with Crippen LogP contribution in [0.2, 0.25) is 0 Å². The normalized spacial score (nSPS) is 52.6. The third-order valence-corrected chi connectivity index (χ3v) is 4.21. The van der Waals surface area contributed by atoms with E-state index in [1.165, 1.54) is 0 Å². The first-order valence-corrected chi connectivity index (χ1v) is 5.25. The molecule has 1 rings (SSSR count). The Hall–Kier alpha value is 0.440. The van der Waals surface area contributed by atoms with Gasteiger partial charge in [-0.25, -0.2) is 0 Å². The largest absolute Gasteiger partial charge is 0.363 e. The third-order valence-electron chi connectivity index (χ3n) is 3.16. The average molecular weight is 221 g/mol. The Balaban J connectivity index is 2.63. The fourth-order valence-electron chi connectivity index (χ4n) is 1.60. The zero-order valence-corrected chi connectivity index (χ0v) is 9.26. The second kappa shape index (κ2) is 3.44. The fourth-order valence-corrected chi connectivity index (χ4v) is 2.42. The van der Waals surface area contributed by atoms with Crippen molar-refractivity contribution in [1.29, 1.82) is 0 Å². The maximum absolute atomic E-state index is 5.70. The highest BCUT2D eigenvalue weighted by Gasteiger charge is 2.35. The summed E-state index contributed by atoms with van der Waals surface area (Å²) < 4.78 is 5.70. The number of rotatable bonds is 0. The maximum atomic E-state index is 5.70. The second-order valence-electron chi connectivity index (χ2n) is 3.77. The van der Waals surface area contributed by atoms with Gasteiger partial charge in [0.1, 0.15) is 5.01 Å². The summed E-state index contributed by atoms with van der Waals surface area (Å²) in [6.07, 6.45) is 0.394. The van der Waals surface area contributed by atoms with E-state index < -0.39 is 0 Å². The van der Waals surface area contributed by atoms with Gasteiger partial charge in [-0.2, -0.15) is 0 Å². The Morgan fingerprint density at radius 2 is 1.45 bits per heavy atom. The second-order valence-corrected chi connectivity index (χ2v) is 4.67. The van der Waals surface area contributed by atoms with E-state index in [2.05, 4.69) is 43.6 Å². The molecule has 1 nitrogen and oxygen atoms in total. The van der Waals surface area contributed by atoms with Gasteiger partial charge in [0.25, 0.3) is 0 Å². The fraction of sp³-hybridized carbons (Fsp3) is 1.00. The van der Waals surface area contributed by atoms with Gasteiger partial charge in [-0.05, 0) is 24.7 Å². The zero-order valence-electron chi connectivity index (χ0n) is 7.67. The van der Waals surface area contributed by atoms with Gasteiger partial charge < -0.3 is 4.74 Å². The lowest BCUT2D eigenvalue weighted by Gasteiger charge is -2.40. The molecule has 0 bridgehead atoms. The van der Waals surface area contributed by atoms with E-state index in [9.17, 15) is 0 Å². The highest BCUT2D eigenvalue weighted by molar-refractivity contribution is 9.09. The first-order valence-electron chi connectivity index (χ1n) is 4.33. The molecule has 3 unspecified atom stereocenters. The molecular weight excluding hydrogens is 204 g/mol. The molecule has 0 aromatic rings. The molecule has 1 heterocycles. The molecule has 66 valence electrons. The van der Waals surface area contributed by atoms with Crippen LogP contribution < -0.4 is 0 Å². The van der Waals surface area contributed by atoms with Gasteiger partial charge in [0.05, 0.1) is 6.10 Å². The van der Waals surface area contributed by atoms with Crippen LogP contribution in [-0.2, 0) is 4.74 Å². The molecule has 0 saturated carbocycles. The first kappa shape index (κ1) is 9.53. The van der Waals surface area contributed by atoms with Crippen molar-refractivity contribution in [2.45, 2.75) is 38.8 Å². The van der Waals surface area contributed by atoms with Crippen molar-refractivity contribution in [2.24, 2.45) is 17.8 Å². The highest BCUT2D eigenvalue weighted by Crippen LogP contribution is 2.36. The van der Waals surface area contributed by atoms with Crippen molar-refractivity contribution in [3.8, 4) is 0 Å². The van der Waals surface area contributed by atoms with E-state index in [4.69, 9.17) is 4.74 Å². The van der Waals surface area contributed by atoms with Gasteiger partial charge >= 0.3 is 0 Å². The van der Waals surface area contributed by atoms with Crippen LogP contribution in [0.5, 0.6) is 0 Å². The number of ether oxygens (including phenoxy) is 1. The van der Waals surface area contributed by atoms with Crippen LogP contribution in [0, 0.1) is 17.8 Å². The van der Waals surface area contributed by atoms with Crippen molar-refractivity contribution in [3.63, 3.8) is 0 Å². The molecule has 0 radical (unpaired) electrons. The summed E-state index contributed by atoms with van der Waals surface area (Å²) in [7, 11) is 0. The molecule has 5 atom stereocenters. The molecule has 0 spiro atoms. The molecule has 0 aliphatic carbocycles. The molecule has 2 heteroatoms. The van der Waals surface area contributed by atoms with Crippen molar-refractivity contribution in [3.05, 3.63) is 0 Å². The van der Waals surface area contributed by atoms with Gasteiger partial charge in [0, 0.05) is 0 Å². The van der Waals surface area contributed by atoms with Crippen LogP contribution in [0.3, 0.4) is 0 Å². The van der Waals surface area contributed by atoms with E-state index in [0.29, 0.717) is 17.9 Å². The van der Waals surface area contributed by atoms with E-state index in [1.54, 1.807) is 0 Å². The molecule has 11 heavy (non-hydrogen) atoms. The Kier molecular flexibility index (Phi) is 2.98. The lowest BCUT2D eigenvalue weighted by Crippen LogP contribution is -2.40. The number of hydrogen-bond donors (Lipinski definition) is 0. The number of alkyl halides is 1. The van der Waals surface area contributed by atoms with Crippen LogP contribution >= 0.6 is 15.9 Å². The van der Waals surface area contributed by atoms with Gasteiger partial charge in [-0.15, -0.1) is 0 Å². The van der Waals surface area contributed by atoms with Crippen molar-refractivity contribution >= 4 is 15.9 Å². The Labute approximate surface area is 77.6 Å². The first-order chi connectivity index (χ1) is 5.04. The topological polar surface area (TPSA) is 9.23 Å². The van der Waals surface area contributed by atoms with E-state index in [0.717, 1.165) is 5.92 Å². The summed E-state index contributed by atoms with van der Waals surface area (Å²) in [5.41, 5.74) is 0. The van der Waals surface area contributed by atoms with Gasteiger partial charge in [-0.3, -0.25) is 0 Å². The maximum Gasteiger partial charge on any atom is 0.115 e. The molecule has 0 N–H and O–H groups in total. The summed E-state index contributed by atoms with van der Waals surface area (Å²) in [6.45, 7) is 8.97. The Morgan fingerprint density at radius 3 is 2.00 bits per heavy atom. The molecule has 0 aromatic heterocycles. The zero-order chi connectivity index (χ0) is 8.59. The SMILES string of the molecule is CC1O[C@@H](Br)C(C)C(C)[C@@H]1C. The Morgan fingerprint density at radius 1 is 0.909 bits per heavy atom. The lowest BCUT2D eigenvalue weighted by molar-refractivity contribution is -0.0809. The summed E-state index contributed by atoms with van der Waals surface area (Å²) >= 11 is 3.54. The minimum atomic E-state index is 0.253. The van der Waals surface area contributed by atoms with Crippen molar-refractivity contribution in [2.75, 3.05) is 0 Å². The average Bonchev–Trinajstić information content (AvgIpc) is 1.97. The molecule has 0 amide bonds. The van der Waals surface area contributed by atoms with Crippen molar-refractivity contribution < 1.29 is 4.74 Å². The van der Waals surface area contributed by atoms with Crippen LogP contribution in [0.25, 0.3) is 0 Å². The number of hydrogen-bond acceptors (Lipinski definition) is 1. The summed E-state index contributed by atoms with van der Waals surface area (Å²) in [4.78, 5) is 0. The molecule has 0 aromatic carbocycles. The van der Waals surface area contributed by atoms with Crippen LogP contribution in [0.4, 0.5) is 0 Å². The Bertz CT molecular complexity index is 124. The predicted octanol–water partition coefficient (Wildman–Crippen LogP) is 3.03. The monoisotopic (exact) mass is 220 g/mol. The smallest absolute Gasteiger partial charge is 0.115 e. The summed E-state index contributed by atoms with van der Waals surface area (Å²) in [5.74, 6) is 2.06. The predicted molar refractivity (Wildman–Crippen MR) is 50.8 cm³/mol. The molecule has 1 saturated heterocycles. The molecular formula is C9H17BrO. The van der Waals surface area contributed by atoms with Gasteiger partial charge in [-0.1, -0.05) is 36.7 Å². The van der Waals surface area contributed by atoms with Gasteiger partial charge in [0.2, 0.25) is 0 Å². The van der Waals surface area contributed by atoms with Crippen LogP contribution in [-0.4, -0.2) is 11.1 Å². The minimum Gasteiger partial charge on any atom is -0.363 e.